The average Bonchev–Trinajstić information content (AvgIpc) is 2.44. The van der Waals surface area contributed by atoms with Crippen molar-refractivity contribution in [1.82, 2.24) is 4.98 Å². The molecular formula is C15H21N3. The third-order valence-electron chi connectivity index (χ3n) is 3.69. The van der Waals surface area contributed by atoms with Gasteiger partial charge in [-0.1, -0.05) is 38.1 Å². The van der Waals surface area contributed by atoms with Crippen molar-refractivity contribution in [3.05, 3.63) is 36.5 Å². The van der Waals surface area contributed by atoms with Gasteiger partial charge in [-0.05, 0) is 24.3 Å². The molecule has 96 valence electrons. The van der Waals surface area contributed by atoms with Crippen molar-refractivity contribution in [2.24, 2.45) is 5.73 Å². The predicted molar refractivity (Wildman–Crippen MR) is 77.7 cm³/mol. The number of pyridine rings is 1. The molecule has 1 aromatic carbocycles. The first-order valence-corrected chi connectivity index (χ1v) is 6.55. The molecule has 0 saturated heterocycles. The third kappa shape index (κ3) is 2.62. The number of hydrogen-bond donors (Lipinski definition) is 2. The zero-order valence-corrected chi connectivity index (χ0v) is 11.1. The quantitative estimate of drug-likeness (QED) is 0.848. The number of aromatic nitrogens is 1. The summed E-state index contributed by atoms with van der Waals surface area (Å²) in [7, 11) is 0. The Morgan fingerprint density at radius 2 is 1.89 bits per heavy atom. The Bertz CT molecular complexity index is 513. The largest absolute Gasteiger partial charge is 0.368 e. The maximum absolute atomic E-state index is 6.30. The molecule has 3 N–H and O–H groups in total. The Morgan fingerprint density at radius 3 is 2.61 bits per heavy atom. The summed E-state index contributed by atoms with van der Waals surface area (Å²) in [6, 6.07) is 10.3. The van der Waals surface area contributed by atoms with Gasteiger partial charge in [0.15, 0.2) is 0 Å². The summed E-state index contributed by atoms with van der Waals surface area (Å²) in [5.74, 6) is 0.921. The van der Waals surface area contributed by atoms with E-state index in [1.807, 2.05) is 24.4 Å². The van der Waals surface area contributed by atoms with E-state index in [9.17, 15) is 0 Å². The van der Waals surface area contributed by atoms with Crippen molar-refractivity contribution in [1.29, 1.82) is 0 Å². The molecule has 0 atom stereocenters. The highest BCUT2D eigenvalue weighted by Crippen LogP contribution is 2.21. The number of hydrogen-bond acceptors (Lipinski definition) is 3. The fraction of sp³-hybridized carbons (Fsp3) is 0.400. The Morgan fingerprint density at radius 1 is 1.17 bits per heavy atom. The van der Waals surface area contributed by atoms with Gasteiger partial charge in [0.2, 0.25) is 0 Å². The summed E-state index contributed by atoms with van der Waals surface area (Å²) in [4.78, 5) is 4.41. The van der Waals surface area contributed by atoms with E-state index in [0.717, 1.165) is 30.6 Å². The molecule has 0 unspecified atom stereocenters. The molecule has 0 fully saturated rings. The van der Waals surface area contributed by atoms with E-state index < -0.39 is 0 Å². The second kappa shape index (κ2) is 5.36. The van der Waals surface area contributed by atoms with Crippen molar-refractivity contribution >= 4 is 16.6 Å². The minimum Gasteiger partial charge on any atom is -0.368 e. The van der Waals surface area contributed by atoms with Crippen LogP contribution in [-0.2, 0) is 0 Å². The molecule has 0 spiro atoms. The lowest BCUT2D eigenvalue weighted by atomic mass is 9.94. The van der Waals surface area contributed by atoms with Gasteiger partial charge >= 0.3 is 0 Å². The first-order valence-electron chi connectivity index (χ1n) is 6.55. The number of benzene rings is 1. The van der Waals surface area contributed by atoms with Crippen LogP contribution in [0.25, 0.3) is 10.8 Å². The fourth-order valence-electron chi connectivity index (χ4n) is 2.02. The van der Waals surface area contributed by atoms with Crippen LogP contribution in [0.2, 0.25) is 0 Å². The standard InChI is InChI=1S/C15H21N3/c1-3-15(16,4-2)11-18-14-13-8-6-5-7-12(13)9-10-17-14/h5-10H,3-4,11,16H2,1-2H3,(H,17,18). The van der Waals surface area contributed by atoms with Crippen LogP contribution in [0.1, 0.15) is 26.7 Å². The average molecular weight is 243 g/mol. The van der Waals surface area contributed by atoms with Crippen LogP contribution >= 0.6 is 0 Å². The Labute approximate surface area is 108 Å². The maximum atomic E-state index is 6.30. The van der Waals surface area contributed by atoms with Crippen molar-refractivity contribution in [2.75, 3.05) is 11.9 Å². The van der Waals surface area contributed by atoms with Gasteiger partial charge in [0.1, 0.15) is 5.82 Å². The molecule has 0 aliphatic carbocycles. The molecule has 0 aliphatic rings. The molecule has 2 aromatic rings. The summed E-state index contributed by atoms with van der Waals surface area (Å²) >= 11 is 0. The molecule has 2 rings (SSSR count). The predicted octanol–water partition coefficient (Wildman–Crippen LogP) is 3.16. The molecule has 0 radical (unpaired) electrons. The van der Waals surface area contributed by atoms with E-state index in [1.165, 1.54) is 5.39 Å². The van der Waals surface area contributed by atoms with Gasteiger partial charge in [-0.15, -0.1) is 0 Å². The normalized spacial score (nSPS) is 11.7. The second-order valence-corrected chi connectivity index (χ2v) is 4.80. The van der Waals surface area contributed by atoms with E-state index in [2.05, 4.69) is 36.3 Å². The minimum absolute atomic E-state index is 0.154. The number of anilines is 1. The lowest BCUT2D eigenvalue weighted by molar-refractivity contribution is 0.418. The first kappa shape index (κ1) is 12.8. The zero-order chi connectivity index (χ0) is 13.0. The van der Waals surface area contributed by atoms with Crippen LogP contribution < -0.4 is 11.1 Å². The number of nitrogens with two attached hydrogens (primary N) is 1. The summed E-state index contributed by atoms with van der Waals surface area (Å²) in [6.45, 7) is 5.00. The topological polar surface area (TPSA) is 50.9 Å². The monoisotopic (exact) mass is 243 g/mol. The Hall–Kier alpha value is -1.61. The van der Waals surface area contributed by atoms with Gasteiger partial charge in [-0.25, -0.2) is 4.98 Å². The highest BCUT2D eigenvalue weighted by atomic mass is 15.0. The zero-order valence-electron chi connectivity index (χ0n) is 11.1. The molecule has 0 amide bonds. The molecule has 18 heavy (non-hydrogen) atoms. The van der Waals surface area contributed by atoms with Crippen LogP contribution in [0, 0.1) is 0 Å². The lowest BCUT2D eigenvalue weighted by Gasteiger charge is -2.27. The van der Waals surface area contributed by atoms with Gasteiger partial charge in [0, 0.05) is 23.7 Å². The molecule has 0 bridgehead atoms. The number of nitrogens with one attached hydrogen (secondary N) is 1. The minimum atomic E-state index is -0.154. The summed E-state index contributed by atoms with van der Waals surface area (Å²) in [5, 5.41) is 5.74. The van der Waals surface area contributed by atoms with Crippen LogP contribution in [-0.4, -0.2) is 17.1 Å². The molecule has 0 aliphatic heterocycles. The van der Waals surface area contributed by atoms with Crippen LogP contribution in [0.5, 0.6) is 0 Å². The van der Waals surface area contributed by atoms with Crippen LogP contribution in [0.3, 0.4) is 0 Å². The van der Waals surface area contributed by atoms with Gasteiger partial charge < -0.3 is 11.1 Å². The lowest BCUT2D eigenvalue weighted by Crippen LogP contribution is -2.45. The molecule has 0 saturated carbocycles. The first-order chi connectivity index (χ1) is 8.68. The smallest absolute Gasteiger partial charge is 0.133 e. The Balaban J connectivity index is 2.22. The summed E-state index contributed by atoms with van der Waals surface area (Å²) < 4.78 is 0. The van der Waals surface area contributed by atoms with Crippen molar-refractivity contribution in [2.45, 2.75) is 32.2 Å². The summed E-state index contributed by atoms with van der Waals surface area (Å²) in [6.07, 6.45) is 3.75. The van der Waals surface area contributed by atoms with E-state index in [0.29, 0.717) is 0 Å². The molecule has 1 aromatic heterocycles. The van der Waals surface area contributed by atoms with Crippen molar-refractivity contribution in [3.63, 3.8) is 0 Å². The van der Waals surface area contributed by atoms with Crippen LogP contribution in [0.15, 0.2) is 36.5 Å². The molecular weight excluding hydrogens is 222 g/mol. The highest BCUT2D eigenvalue weighted by molar-refractivity contribution is 5.91. The Kier molecular flexibility index (Phi) is 3.82. The van der Waals surface area contributed by atoms with E-state index in [-0.39, 0.29) is 5.54 Å². The SMILES string of the molecule is CCC(N)(CC)CNc1nccc2ccccc12. The van der Waals surface area contributed by atoms with E-state index >= 15 is 0 Å². The second-order valence-electron chi connectivity index (χ2n) is 4.80. The van der Waals surface area contributed by atoms with Gasteiger partial charge in [-0.3, -0.25) is 0 Å². The van der Waals surface area contributed by atoms with Crippen LogP contribution in [0.4, 0.5) is 5.82 Å². The molecule has 3 heteroatoms. The van der Waals surface area contributed by atoms with Gasteiger partial charge in [0.05, 0.1) is 0 Å². The highest BCUT2D eigenvalue weighted by Gasteiger charge is 2.20. The summed E-state index contributed by atoms with van der Waals surface area (Å²) in [5.41, 5.74) is 6.14. The van der Waals surface area contributed by atoms with Gasteiger partial charge in [-0.2, -0.15) is 0 Å². The van der Waals surface area contributed by atoms with Crippen molar-refractivity contribution in [3.8, 4) is 0 Å². The van der Waals surface area contributed by atoms with Gasteiger partial charge in [0.25, 0.3) is 0 Å². The van der Waals surface area contributed by atoms with E-state index in [4.69, 9.17) is 5.73 Å². The third-order valence-corrected chi connectivity index (χ3v) is 3.69. The fourth-order valence-corrected chi connectivity index (χ4v) is 2.02. The number of rotatable bonds is 5. The van der Waals surface area contributed by atoms with Crippen molar-refractivity contribution < 1.29 is 0 Å². The number of fused-ring (bicyclic) bond motifs is 1. The molecule has 3 nitrogen and oxygen atoms in total. The number of nitrogens with zero attached hydrogens (tertiary/aromatic N) is 1. The molecule has 1 heterocycles. The maximum Gasteiger partial charge on any atom is 0.133 e. The van der Waals surface area contributed by atoms with E-state index in [1.54, 1.807) is 0 Å².